The number of fused-ring (bicyclic) bond motifs is 1. The summed E-state index contributed by atoms with van der Waals surface area (Å²) in [5.74, 6) is 1.44. The lowest BCUT2D eigenvalue weighted by molar-refractivity contribution is 0.404. The molecule has 0 saturated heterocycles. The summed E-state index contributed by atoms with van der Waals surface area (Å²) < 4.78 is 4.74. The summed E-state index contributed by atoms with van der Waals surface area (Å²) in [6.45, 7) is 3.20. The highest BCUT2D eigenvalue weighted by Crippen LogP contribution is 2.36. The number of rotatable bonds is 4. The summed E-state index contributed by atoms with van der Waals surface area (Å²) in [6, 6.07) is 9.23. The van der Waals surface area contributed by atoms with Gasteiger partial charge in [0.25, 0.3) is 0 Å². The van der Waals surface area contributed by atoms with Gasteiger partial charge in [-0.1, -0.05) is 36.3 Å². The van der Waals surface area contributed by atoms with Gasteiger partial charge in [0.1, 0.15) is 0 Å². The molecule has 1 aromatic heterocycles. The second-order valence-electron chi connectivity index (χ2n) is 5.21. The van der Waals surface area contributed by atoms with Gasteiger partial charge in [0.15, 0.2) is 5.82 Å². The molecule has 0 spiro atoms. The number of hydrogen-bond acceptors (Lipinski definition) is 4. The molecule has 2 unspecified atom stereocenters. The molecule has 0 fully saturated rings. The van der Waals surface area contributed by atoms with Crippen LogP contribution in [0.25, 0.3) is 0 Å². The highest BCUT2D eigenvalue weighted by atomic mass is 16.5. The van der Waals surface area contributed by atoms with Crippen molar-refractivity contribution in [3.05, 3.63) is 47.6 Å². The van der Waals surface area contributed by atoms with Crippen LogP contribution in [0.1, 0.15) is 48.7 Å². The number of aromatic nitrogens is 2. The van der Waals surface area contributed by atoms with Crippen LogP contribution in [0.15, 0.2) is 35.2 Å². The van der Waals surface area contributed by atoms with Crippen LogP contribution in [0, 0.1) is 0 Å². The van der Waals surface area contributed by atoms with Crippen molar-refractivity contribution in [2.24, 2.45) is 0 Å². The standard InChI is InChI=1S/C15H19N3O/c1-11-6-7-14(13-5-3-2-4-12(11)13)16-9-8-15-17-10-19-18-15/h2-5,10-11,14,16H,6-9H2,1H3. The van der Waals surface area contributed by atoms with Crippen molar-refractivity contribution in [1.29, 1.82) is 0 Å². The van der Waals surface area contributed by atoms with E-state index in [0.717, 1.165) is 18.8 Å². The Bertz CT molecular complexity index is 524. The lowest BCUT2D eigenvalue weighted by Gasteiger charge is -2.30. The van der Waals surface area contributed by atoms with Gasteiger partial charge in [0.2, 0.25) is 6.39 Å². The molecule has 0 bridgehead atoms. The first kappa shape index (κ1) is 12.4. The molecule has 1 aromatic carbocycles. The third-order valence-corrected chi connectivity index (χ3v) is 3.94. The Balaban J connectivity index is 1.64. The van der Waals surface area contributed by atoms with Crippen LogP contribution in [0.2, 0.25) is 0 Å². The number of hydrogen-bond donors (Lipinski definition) is 1. The fourth-order valence-electron chi connectivity index (χ4n) is 2.88. The third-order valence-electron chi connectivity index (χ3n) is 3.94. The van der Waals surface area contributed by atoms with Gasteiger partial charge in [0.05, 0.1) is 0 Å². The molecular weight excluding hydrogens is 238 g/mol. The first-order chi connectivity index (χ1) is 9.34. The van der Waals surface area contributed by atoms with Crippen LogP contribution in [0.5, 0.6) is 0 Å². The summed E-state index contributed by atoms with van der Waals surface area (Å²) in [4.78, 5) is 4.04. The maximum atomic E-state index is 4.74. The van der Waals surface area contributed by atoms with Crippen LogP contribution in [0.4, 0.5) is 0 Å². The lowest BCUT2D eigenvalue weighted by atomic mass is 9.81. The van der Waals surface area contributed by atoms with Gasteiger partial charge in [-0.15, -0.1) is 0 Å². The SMILES string of the molecule is CC1CCC(NCCc2ncon2)c2ccccc21. The van der Waals surface area contributed by atoms with E-state index in [2.05, 4.69) is 46.6 Å². The molecule has 19 heavy (non-hydrogen) atoms. The zero-order valence-corrected chi connectivity index (χ0v) is 11.2. The first-order valence-corrected chi connectivity index (χ1v) is 6.92. The summed E-state index contributed by atoms with van der Waals surface area (Å²) in [6.07, 6.45) is 4.64. The number of benzene rings is 1. The molecule has 0 amide bonds. The molecule has 1 N–H and O–H groups in total. The van der Waals surface area contributed by atoms with E-state index >= 15 is 0 Å². The van der Waals surface area contributed by atoms with Crippen molar-refractivity contribution < 1.29 is 4.52 Å². The summed E-state index contributed by atoms with van der Waals surface area (Å²) in [5, 5.41) is 7.44. The van der Waals surface area contributed by atoms with E-state index in [1.165, 1.54) is 30.4 Å². The highest BCUT2D eigenvalue weighted by Gasteiger charge is 2.23. The van der Waals surface area contributed by atoms with Crippen LogP contribution < -0.4 is 5.32 Å². The maximum absolute atomic E-state index is 4.74. The van der Waals surface area contributed by atoms with E-state index in [9.17, 15) is 0 Å². The average Bonchev–Trinajstić information content (AvgIpc) is 2.95. The fraction of sp³-hybridized carbons (Fsp3) is 0.467. The van der Waals surface area contributed by atoms with Gasteiger partial charge in [0, 0.05) is 19.0 Å². The first-order valence-electron chi connectivity index (χ1n) is 6.92. The quantitative estimate of drug-likeness (QED) is 0.915. The molecule has 100 valence electrons. The fourth-order valence-corrected chi connectivity index (χ4v) is 2.88. The maximum Gasteiger partial charge on any atom is 0.213 e. The minimum atomic E-state index is 0.458. The molecule has 4 nitrogen and oxygen atoms in total. The van der Waals surface area contributed by atoms with E-state index < -0.39 is 0 Å². The minimum Gasteiger partial charge on any atom is -0.343 e. The van der Waals surface area contributed by atoms with Crippen molar-refractivity contribution >= 4 is 0 Å². The normalized spacial score (nSPS) is 22.2. The van der Waals surface area contributed by atoms with E-state index in [1.807, 2.05) is 0 Å². The highest BCUT2D eigenvalue weighted by molar-refractivity contribution is 5.34. The molecule has 0 aliphatic heterocycles. The van der Waals surface area contributed by atoms with Crippen molar-refractivity contribution in [3.8, 4) is 0 Å². The molecule has 4 heteroatoms. The predicted molar refractivity (Wildman–Crippen MR) is 72.8 cm³/mol. The minimum absolute atomic E-state index is 0.458. The Morgan fingerprint density at radius 2 is 2.11 bits per heavy atom. The van der Waals surface area contributed by atoms with Gasteiger partial charge in [-0.05, 0) is 29.9 Å². The Morgan fingerprint density at radius 1 is 1.26 bits per heavy atom. The second-order valence-corrected chi connectivity index (χ2v) is 5.21. The predicted octanol–water partition coefficient (Wildman–Crippen LogP) is 2.84. The Labute approximate surface area is 113 Å². The average molecular weight is 257 g/mol. The Kier molecular flexibility index (Phi) is 3.60. The molecule has 1 heterocycles. The van der Waals surface area contributed by atoms with Crippen molar-refractivity contribution in [1.82, 2.24) is 15.5 Å². The topological polar surface area (TPSA) is 51.0 Å². The monoisotopic (exact) mass is 257 g/mol. The molecule has 0 saturated carbocycles. The molecule has 3 rings (SSSR count). The van der Waals surface area contributed by atoms with Gasteiger partial charge >= 0.3 is 0 Å². The van der Waals surface area contributed by atoms with E-state index in [4.69, 9.17) is 4.52 Å². The summed E-state index contributed by atoms with van der Waals surface area (Å²) in [5.41, 5.74) is 2.94. The van der Waals surface area contributed by atoms with Gasteiger partial charge in [-0.25, -0.2) is 0 Å². The largest absolute Gasteiger partial charge is 0.343 e. The molecular formula is C15H19N3O. The van der Waals surface area contributed by atoms with Crippen molar-refractivity contribution in [2.75, 3.05) is 6.54 Å². The van der Waals surface area contributed by atoms with Crippen molar-refractivity contribution in [3.63, 3.8) is 0 Å². The zero-order chi connectivity index (χ0) is 13.1. The number of nitrogens with one attached hydrogen (secondary N) is 1. The van der Waals surface area contributed by atoms with Gasteiger partial charge in [-0.3, -0.25) is 0 Å². The molecule has 2 atom stereocenters. The van der Waals surface area contributed by atoms with E-state index in [0.29, 0.717) is 12.0 Å². The van der Waals surface area contributed by atoms with E-state index in [-0.39, 0.29) is 0 Å². The Hall–Kier alpha value is -1.68. The second kappa shape index (κ2) is 5.53. The summed E-state index contributed by atoms with van der Waals surface area (Å²) in [7, 11) is 0. The van der Waals surface area contributed by atoms with Crippen LogP contribution in [-0.2, 0) is 6.42 Å². The molecule has 1 aliphatic rings. The van der Waals surface area contributed by atoms with Crippen LogP contribution >= 0.6 is 0 Å². The van der Waals surface area contributed by atoms with Gasteiger partial charge in [-0.2, -0.15) is 4.98 Å². The number of nitrogens with zero attached hydrogens (tertiary/aromatic N) is 2. The molecule has 1 aliphatic carbocycles. The van der Waals surface area contributed by atoms with Gasteiger partial charge < -0.3 is 9.84 Å². The summed E-state index contributed by atoms with van der Waals surface area (Å²) >= 11 is 0. The molecule has 0 radical (unpaired) electrons. The molecule has 2 aromatic rings. The van der Waals surface area contributed by atoms with E-state index in [1.54, 1.807) is 0 Å². The van der Waals surface area contributed by atoms with Crippen LogP contribution in [0.3, 0.4) is 0 Å². The Morgan fingerprint density at radius 3 is 2.89 bits per heavy atom. The smallest absolute Gasteiger partial charge is 0.213 e. The lowest BCUT2D eigenvalue weighted by Crippen LogP contribution is -2.28. The van der Waals surface area contributed by atoms with Crippen LogP contribution in [-0.4, -0.2) is 16.7 Å². The zero-order valence-electron chi connectivity index (χ0n) is 11.2. The third kappa shape index (κ3) is 2.68. The van der Waals surface area contributed by atoms with Crippen molar-refractivity contribution in [2.45, 2.75) is 38.1 Å².